The predicted molar refractivity (Wildman–Crippen MR) is 70.9 cm³/mol. The molecule has 0 saturated carbocycles. The molecule has 0 radical (unpaired) electrons. The van der Waals surface area contributed by atoms with Crippen LogP contribution in [0.5, 0.6) is 0 Å². The van der Waals surface area contributed by atoms with Crippen molar-refractivity contribution in [1.29, 1.82) is 0 Å². The van der Waals surface area contributed by atoms with E-state index in [-0.39, 0.29) is 22.0 Å². The first-order valence-corrected chi connectivity index (χ1v) is 7.49. The van der Waals surface area contributed by atoms with Crippen LogP contribution in [-0.2, 0) is 10.0 Å². The minimum atomic E-state index is -3.83. The highest BCUT2D eigenvalue weighted by Crippen LogP contribution is 2.27. The summed E-state index contributed by atoms with van der Waals surface area (Å²) in [5.41, 5.74) is 0.504. The van der Waals surface area contributed by atoms with Crippen molar-refractivity contribution in [3.8, 4) is 0 Å². The first-order valence-electron chi connectivity index (χ1n) is 5.22. The van der Waals surface area contributed by atoms with E-state index in [4.69, 9.17) is 4.52 Å². The first kappa shape index (κ1) is 14.0. The van der Waals surface area contributed by atoms with Gasteiger partial charge in [-0.2, -0.15) is 0 Å². The third kappa shape index (κ3) is 2.79. The molecule has 1 N–H and O–H groups in total. The van der Waals surface area contributed by atoms with Gasteiger partial charge in [-0.3, -0.25) is 4.72 Å². The monoisotopic (exact) mass is 348 g/mol. The standard InChI is InChI=1S/C11H10BrFN2O3S/c1-6-11(7(2)18-14-6)19(16,17)15-10-4-3-8(13)5-9(10)12/h3-5,15H,1-2H3. The van der Waals surface area contributed by atoms with E-state index in [1.54, 1.807) is 0 Å². The molecule has 0 aliphatic carbocycles. The van der Waals surface area contributed by atoms with Crippen molar-refractivity contribution < 1.29 is 17.3 Å². The van der Waals surface area contributed by atoms with Crippen molar-refractivity contribution in [3.05, 3.63) is 39.9 Å². The normalized spacial score (nSPS) is 11.6. The Morgan fingerprint density at radius 2 is 2.05 bits per heavy atom. The third-order valence-corrected chi connectivity index (χ3v) is 4.68. The second kappa shape index (κ2) is 4.93. The molecule has 0 unspecified atom stereocenters. The van der Waals surface area contributed by atoms with E-state index in [0.717, 1.165) is 6.07 Å². The van der Waals surface area contributed by atoms with Gasteiger partial charge in [-0.15, -0.1) is 0 Å². The summed E-state index contributed by atoms with van der Waals surface area (Å²) in [4.78, 5) is -0.0104. The Morgan fingerprint density at radius 1 is 1.37 bits per heavy atom. The van der Waals surface area contributed by atoms with Crippen molar-refractivity contribution in [2.75, 3.05) is 4.72 Å². The van der Waals surface area contributed by atoms with Crippen LogP contribution in [0.3, 0.4) is 0 Å². The SMILES string of the molecule is Cc1noc(C)c1S(=O)(=O)Nc1ccc(F)cc1Br. The molecule has 102 valence electrons. The smallest absolute Gasteiger partial charge is 0.267 e. The lowest BCUT2D eigenvalue weighted by Gasteiger charge is -2.09. The van der Waals surface area contributed by atoms with E-state index in [2.05, 4.69) is 25.8 Å². The maximum Gasteiger partial charge on any atom is 0.267 e. The minimum Gasteiger partial charge on any atom is -0.360 e. The van der Waals surface area contributed by atoms with Gasteiger partial charge in [0.25, 0.3) is 10.0 Å². The van der Waals surface area contributed by atoms with Crippen LogP contribution in [-0.4, -0.2) is 13.6 Å². The molecule has 0 saturated heterocycles. The van der Waals surface area contributed by atoms with E-state index in [9.17, 15) is 12.8 Å². The fourth-order valence-electron chi connectivity index (χ4n) is 1.63. The first-order chi connectivity index (χ1) is 8.81. The number of nitrogens with one attached hydrogen (secondary N) is 1. The van der Waals surface area contributed by atoms with Crippen LogP contribution in [0.1, 0.15) is 11.5 Å². The summed E-state index contributed by atoms with van der Waals surface area (Å²) in [5.74, 6) is -0.268. The zero-order valence-corrected chi connectivity index (χ0v) is 12.5. The van der Waals surface area contributed by atoms with Gasteiger partial charge in [0, 0.05) is 4.47 Å². The van der Waals surface area contributed by atoms with E-state index >= 15 is 0 Å². The number of anilines is 1. The second-order valence-electron chi connectivity index (χ2n) is 3.88. The summed E-state index contributed by atoms with van der Waals surface area (Å²) in [6, 6.07) is 3.66. The van der Waals surface area contributed by atoms with Gasteiger partial charge in [0.15, 0.2) is 10.7 Å². The van der Waals surface area contributed by atoms with E-state index in [1.165, 1.54) is 26.0 Å². The Balaban J connectivity index is 2.42. The summed E-state index contributed by atoms with van der Waals surface area (Å²) in [6.07, 6.45) is 0. The Labute approximate surface area is 118 Å². The molecule has 0 aliphatic heterocycles. The topological polar surface area (TPSA) is 72.2 Å². The van der Waals surface area contributed by atoms with Gasteiger partial charge >= 0.3 is 0 Å². The van der Waals surface area contributed by atoms with Crippen LogP contribution < -0.4 is 4.72 Å². The van der Waals surface area contributed by atoms with Gasteiger partial charge in [-0.25, -0.2) is 12.8 Å². The predicted octanol–water partition coefficient (Wildman–Crippen LogP) is 2.99. The average Bonchev–Trinajstić information content (AvgIpc) is 2.63. The van der Waals surface area contributed by atoms with Crippen molar-refractivity contribution in [1.82, 2.24) is 5.16 Å². The van der Waals surface area contributed by atoms with Gasteiger partial charge in [-0.05, 0) is 48.0 Å². The molecule has 0 spiro atoms. The number of rotatable bonds is 3. The third-order valence-electron chi connectivity index (χ3n) is 2.41. The van der Waals surface area contributed by atoms with Gasteiger partial charge in [0.05, 0.1) is 5.69 Å². The van der Waals surface area contributed by atoms with Crippen molar-refractivity contribution in [3.63, 3.8) is 0 Å². The van der Waals surface area contributed by atoms with E-state index in [0.29, 0.717) is 4.47 Å². The summed E-state index contributed by atoms with van der Waals surface area (Å²) in [5, 5.41) is 3.59. The minimum absolute atomic E-state index is 0.0104. The summed E-state index contributed by atoms with van der Waals surface area (Å²) in [7, 11) is -3.83. The summed E-state index contributed by atoms with van der Waals surface area (Å²) in [6.45, 7) is 3.04. The molecule has 1 aromatic carbocycles. The van der Waals surface area contributed by atoms with E-state index < -0.39 is 15.8 Å². The Kier molecular flexibility index (Phi) is 3.64. The molecular formula is C11H10BrFN2O3S. The lowest BCUT2D eigenvalue weighted by Crippen LogP contribution is -2.14. The van der Waals surface area contributed by atoms with Crippen molar-refractivity contribution in [2.24, 2.45) is 0 Å². The molecule has 0 atom stereocenters. The molecule has 2 aromatic rings. The van der Waals surface area contributed by atoms with Gasteiger partial charge in [0.1, 0.15) is 11.5 Å². The summed E-state index contributed by atoms with van der Waals surface area (Å²) >= 11 is 3.09. The van der Waals surface area contributed by atoms with Crippen molar-refractivity contribution in [2.45, 2.75) is 18.7 Å². The zero-order chi connectivity index (χ0) is 14.2. The van der Waals surface area contributed by atoms with Crippen molar-refractivity contribution >= 4 is 31.6 Å². The van der Waals surface area contributed by atoms with Crippen LogP contribution in [0.15, 0.2) is 32.1 Å². The maximum atomic E-state index is 12.9. The van der Waals surface area contributed by atoms with Crippen LogP contribution >= 0.6 is 15.9 Å². The Morgan fingerprint density at radius 3 is 2.58 bits per heavy atom. The number of nitrogens with zero attached hydrogens (tertiary/aromatic N) is 1. The molecule has 2 rings (SSSR count). The molecule has 0 fully saturated rings. The lowest BCUT2D eigenvalue weighted by molar-refractivity contribution is 0.390. The van der Waals surface area contributed by atoms with Crippen LogP contribution in [0.25, 0.3) is 0 Å². The average molecular weight is 349 g/mol. The van der Waals surface area contributed by atoms with Crippen LogP contribution in [0.2, 0.25) is 0 Å². The molecule has 5 nitrogen and oxygen atoms in total. The Bertz CT molecular complexity index is 708. The number of benzene rings is 1. The highest BCUT2D eigenvalue weighted by atomic mass is 79.9. The number of sulfonamides is 1. The van der Waals surface area contributed by atoms with Gasteiger partial charge in [-0.1, -0.05) is 5.16 Å². The molecule has 0 amide bonds. The molecule has 19 heavy (non-hydrogen) atoms. The molecule has 0 bridgehead atoms. The zero-order valence-electron chi connectivity index (χ0n) is 10.1. The van der Waals surface area contributed by atoms with Crippen LogP contribution in [0, 0.1) is 19.7 Å². The number of hydrogen-bond acceptors (Lipinski definition) is 4. The number of aromatic nitrogens is 1. The summed E-state index contributed by atoms with van der Waals surface area (Å²) < 4.78 is 44.9. The second-order valence-corrected chi connectivity index (χ2v) is 6.36. The Hall–Kier alpha value is -1.41. The molecule has 8 heteroatoms. The highest BCUT2D eigenvalue weighted by Gasteiger charge is 2.24. The largest absolute Gasteiger partial charge is 0.360 e. The fraction of sp³-hybridized carbons (Fsp3) is 0.182. The van der Waals surface area contributed by atoms with E-state index in [1.807, 2.05) is 0 Å². The highest BCUT2D eigenvalue weighted by molar-refractivity contribution is 9.10. The lowest BCUT2D eigenvalue weighted by atomic mass is 10.3. The maximum absolute atomic E-state index is 12.9. The fourth-order valence-corrected chi connectivity index (χ4v) is 3.62. The molecule has 1 aromatic heterocycles. The number of halogens is 2. The quantitative estimate of drug-likeness (QED) is 0.925. The number of hydrogen-bond donors (Lipinski definition) is 1. The van der Waals surface area contributed by atoms with Gasteiger partial charge in [0.2, 0.25) is 0 Å². The number of aryl methyl sites for hydroxylation is 2. The molecular weight excluding hydrogens is 339 g/mol. The molecule has 1 heterocycles. The van der Waals surface area contributed by atoms with Gasteiger partial charge < -0.3 is 4.52 Å². The van der Waals surface area contributed by atoms with Crippen LogP contribution in [0.4, 0.5) is 10.1 Å². The molecule has 0 aliphatic rings.